The lowest BCUT2D eigenvalue weighted by Gasteiger charge is -2.14. The highest BCUT2D eigenvalue weighted by Gasteiger charge is 2.34. The molecule has 6 heteroatoms. The van der Waals surface area contributed by atoms with E-state index in [1.54, 1.807) is 24.3 Å². The number of carbonyl (C=O) groups is 1. The Hall–Kier alpha value is -1.63. The minimum atomic E-state index is -1.03. The van der Waals surface area contributed by atoms with Gasteiger partial charge < -0.3 is 14.6 Å². The van der Waals surface area contributed by atoms with E-state index < -0.39 is 5.97 Å². The van der Waals surface area contributed by atoms with Crippen LogP contribution in [0.2, 0.25) is 0 Å². The summed E-state index contributed by atoms with van der Waals surface area (Å²) in [5, 5.41) is 22.9. The van der Waals surface area contributed by atoms with Gasteiger partial charge in [0.05, 0.1) is 6.54 Å². The van der Waals surface area contributed by atoms with Crippen LogP contribution in [-0.2, 0) is 6.54 Å². The maximum atomic E-state index is 11.0. The van der Waals surface area contributed by atoms with Crippen molar-refractivity contribution >= 4 is 17.3 Å². The summed E-state index contributed by atoms with van der Waals surface area (Å²) in [5.74, 6) is 0.185. The predicted molar refractivity (Wildman–Crippen MR) is 83.3 cm³/mol. The van der Waals surface area contributed by atoms with Crippen LogP contribution < -0.4 is 0 Å². The molecule has 0 aliphatic carbocycles. The number of rotatable bonds is 5. The third kappa shape index (κ3) is 2.95. The smallest absolute Gasteiger partial charge is 0.372 e. The van der Waals surface area contributed by atoms with E-state index in [9.17, 15) is 9.90 Å². The Morgan fingerprint density at radius 3 is 2.91 bits per heavy atom. The molecule has 2 aromatic heterocycles. The van der Waals surface area contributed by atoms with Gasteiger partial charge in [0.25, 0.3) is 0 Å². The largest absolute Gasteiger partial charge is 0.475 e. The average Bonchev–Trinajstić information content (AvgIpc) is 3.18. The van der Waals surface area contributed by atoms with Gasteiger partial charge >= 0.3 is 5.97 Å². The molecular formula is C16H19NO4S. The topological polar surface area (TPSA) is 73.9 Å². The summed E-state index contributed by atoms with van der Waals surface area (Å²) in [6.45, 7) is 4.12. The first kappa shape index (κ1) is 15.3. The van der Waals surface area contributed by atoms with Crippen molar-refractivity contribution in [3.63, 3.8) is 0 Å². The van der Waals surface area contributed by atoms with Gasteiger partial charge in [-0.15, -0.1) is 0 Å². The molecule has 22 heavy (non-hydrogen) atoms. The van der Waals surface area contributed by atoms with Crippen LogP contribution in [0, 0.1) is 12.8 Å². The Labute approximate surface area is 132 Å². The van der Waals surface area contributed by atoms with Crippen molar-refractivity contribution < 1.29 is 19.4 Å². The van der Waals surface area contributed by atoms with Crippen LogP contribution in [-0.4, -0.2) is 40.8 Å². The quantitative estimate of drug-likeness (QED) is 0.885. The summed E-state index contributed by atoms with van der Waals surface area (Å²) in [6, 6.07) is 3.90. The molecule has 1 saturated heterocycles. The summed E-state index contributed by atoms with van der Waals surface area (Å²) < 4.78 is 5.43. The monoisotopic (exact) mass is 321 g/mol. The maximum Gasteiger partial charge on any atom is 0.372 e. The van der Waals surface area contributed by atoms with Gasteiger partial charge in [0, 0.05) is 37.1 Å². The number of nitrogens with zero attached hydrogens (tertiary/aromatic N) is 1. The third-order valence-corrected chi connectivity index (χ3v) is 4.97. The summed E-state index contributed by atoms with van der Waals surface area (Å²) in [6.07, 6.45) is 0. The molecule has 0 saturated carbocycles. The molecule has 1 aliphatic heterocycles. The van der Waals surface area contributed by atoms with E-state index in [0.717, 1.165) is 13.1 Å². The summed E-state index contributed by atoms with van der Waals surface area (Å²) >= 11 is 1.67. The number of hydrogen-bond donors (Lipinski definition) is 2. The molecule has 0 amide bonds. The lowest BCUT2D eigenvalue weighted by atomic mass is 9.92. The van der Waals surface area contributed by atoms with Crippen molar-refractivity contribution in [2.24, 2.45) is 5.92 Å². The molecule has 1 aliphatic rings. The lowest BCUT2D eigenvalue weighted by molar-refractivity contribution is 0.0657. The number of furan rings is 1. The zero-order valence-electron chi connectivity index (χ0n) is 12.4. The second-order valence-corrected chi connectivity index (χ2v) is 6.61. The van der Waals surface area contributed by atoms with Gasteiger partial charge in [0.1, 0.15) is 5.76 Å². The molecular weight excluding hydrogens is 302 g/mol. The highest BCUT2D eigenvalue weighted by atomic mass is 32.1. The molecule has 3 rings (SSSR count). The van der Waals surface area contributed by atoms with E-state index in [0.29, 0.717) is 23.8 Å². The van der Waals surface area contributed by atoms with Crippen molar-refractivity contribution in [1.29, 1.82) is 0 Å². The Balaban J connectivity index is 1.71. The van der Waals surface area contributed by atoms with E-state index in [1.807, 2.05) is 0 Å². The second kappa shape index (κ2) is 6.24. The van der Waals surface area contributed by atoms with E-state index in [4.69, 9.17) is 9.52 Å². The van der Waals surface area contributed by atoms with Crippen molar-refractivity contribution in [2.75, 3.05) is 19.7 Å². The molecule has 0 radical (unpaired) electrons. The van der Waals surface area contributed by atoms with Crippen molar-refractivity contribution in [3.8, 4) is 0 Å². The number of thiophene rings is 1. The predicted octanol–water partition coefficient (Wildman–Crippen LogP) is 2.56. The number of carboxylic acids is 1. The molecule has 118 valence electrons. The van der Waals surface area contributed by atoms with Crippen LogP contribution in [0.4, 0.5) is 0 Å². The molecule has 2 N–H and O–H groups in total. The number of aryl methyl sites for hydroxylation is 1. The van der Waals surface area contributed by atoms with Crippen molar-refractivity contribution in [2.45, 2.75) is 19.4 Å². The Morgan fingerprint density at radius 1 is 1.50 bits per heavy atom. The van der Waals surface area contributed by atoms with Crippen LogP contribution in [0.1, 0.15) is 33.4 Å². The molecule has 1 fully saturated rings. The van der Waals surface area contributed by atoms with Gasteiger partial charge in [0.2, 0.25) is 5.76 Å². The lowest BCUT2D eigenvalue weighted by Crippen LogP contribution is -2.20. The van der Waals surface area contributed by atoms with Crippen LogP contribution in [0.5, 0.6) is 0 Å². The molecule has 0 unspecified atom stereocenters. The highest BCUT2D eigenvalue weighted by Crippen LogP contribution is 2.34. The Kier molecular flexibility index (Phi) is 4.33. The van der Waals surface area contributed by atoms with Gasteiger partial charge in [-0.2, -0.15) is 11.3 Å². The van der Waals surface area contributed by atoms with E-state index in [2.05, 4.69) is 21.7 Å². The maximum absolute atomic E-state index is 11.0. The molecule has 3 heterocycles. The summed E-state index contributed by atoms with van der Waals surface area (Å²) in [7, 11) is 0. The van der Waals surface area contributed by atoms with Crippen molar-refractivity contribution in [3.05, 3.63) is 45.5 Å². The van der Waals surface area contributed by atoms with Gasteiger partial charge in [-0.25, -0.2) is 4.79 Å². The Bertz CT molecular complexity index is 649. The number of likely N-dealkylation sites (tertiary alicyclic amines) is 1. The highest BCUT2D eigenvalue weighted by molar-refractivity contribution is 7.08. The third-order valence-electron chi connectivity index (χ3n) is 4.26. The minimum absolute atomic E-state index is 0.0160. The number of hydrogen-bond acceptors (Lipinski definition) is 5. The van der Waals surface area contributed by atoms with Gasteiger partial charge in [0.15, 0.2) is 0 Å². The molecule has 0 bridgehead atoms. The number of aliphatic hydroxyl groups excluding tert-OH is 1. The fraction of sp³-hybridized carbons (Fsp3) is 0.438. The first-order chi connectivity index (χ1) is 10.6. The minimum Gasteiger partial charge on any atom is -0.475 e. The summed E-state index contributed by atoms with van der Waals surface area (Å²) in [4.78, 5) is 13.3. The van der Waals surface area contributed by atoms with Crippen LogP contribution in [0.3, 0.4) is 0 Å². The molecule has 0 spiro atoms. The van der Waals surface area contributed by atoms with Crippen molar-refractivity contribution in [1.82, 2.24) is 4.90 Å². The molecule has 2 atom stereocenters. The fourth-order valence-corrected chi connectivity index (χ4v) is 3.92. The second-order valence-electron chi connectivity index (χ2n) is 5.83. The van der Waals surface area contributed by atoms with Gasteiger partial charge in [-0.1, -0.05) is 0 Å². The van der Waals surface area contributed by atoms with Crippen LogP contribution in [0.25, 0.3) is 0 Å². The first-order valence-electron chi connectivity index (χ1n) is 7.26. The Morgan fingerprint density at radius 2 is 2.32 bits per heavy atom. The van der Waals surface area contributed by atoms with Gasteiger partial charge in [-0.05, 0) is 35.4 Å². The van der Waals surface area contributed by atoms with E-state index in [1.165, 1.54) is 5.56 Å². The molecule has 2 aromatic rings. The number of aliphatic hydroxyl groups is 1. The molecule has 5 nitrogen and oxygen atoms in total. The number of aromatic carboxylic acids is 1. The van der Waals surface area contributed by atoms with Crippen LogP contribution >= 0.6 is 11.3 Å². The SMILES string of the molecule is Cc1cc(CN2C[C@@H](CO)[C@H](c3ccsc3)C2)oc1C(=O)O. The summed E-state index contributed by atoms with van der Waals surface area (Å²) in [5.41, 5.74) is 1.92. The van der Waals surface area contributed by atoms with Crippen LogP contribution in [0.15, 0.2) is 27.3 Å². The zero-order chi connectivity index (χ0) is 15.7. The van der Waals surface area contributed by atoms with E-state index in [-0.39, 0.29) is 18.3 Å². The zero-order valence-corrected chi connectivity index (χ0v) is 13.2. The normalized spacial score (nSPS) is 22.3. The van der Waals surface area contributed by atoms with E-state index >= 15 is 0 Å². The first-order valence-corrected chi connectivity index (χ1v) is 8.20. The fourth-order valence-electron chi connectivity index (χ4n) is 3.20. The number of carboxylic acid groups (broad SMARTS) is 1. The molecule has 0 aromatic carbocycles. The van der Waals surface area contributed by atoms with Gasteiger partial charge in [-0.3, -0.25) is 4.90 Å². The average molecular weight is 321 g/mol. The standard InChI is InChI=1S/C16H19NO4S/c1-10-4-13(21-15(10)16(19)20)6-17-5-12(8-18)14(7-17)11-2-3-22-9-11/h2-4,9,12,14,18H,5-8H2,1H3,(H,19,20)/t12-,14-/m0/s1.